The van der Waals surface area contributed by atoms with E-state index < -0.39 is 0 Å². The molecular formula is C11H16ClN3O2. The van der Waals surface area contributed by atoms with Crippen molar-refractivity contribution in [2.24, 2.45) is 0 Å². The highest BCUT2D eigenvalue weighted by Gasteiger charge is 2.23. The van der Waals surface area contributed by atoms with Crippen LogP contribution in [0.4, 0.5) is 5.82 Å². The molecule has 0 aromatic carbocycles. The Kier molecular flexibility index (Phi) is 4.02. The molecule has 0 amide bonds. The monoisotopic (exact) mass is 257 g/mol. The second-order valence-corrected chi connectivity index (χ2v) is 4.39. The minimum absolute atomic E-state index is 0.164. The molecule has 0 bridgehead atoms. The number of anilines is 1. The highest BCUT2D eigenvalue weighted by molar-refractivity contribution is 6.31. The van der Waals surface area contributed by atoms with Crippen molar-refractivity contribution >= 4 is 17.4 Å². The summed E-state index contributed by atoms with van der Waals surface area (Å²) in [6.07, 6.45) is 3.80. The van der Waals surface area contributed by atoms with Crippen molar-refractivity contribution < 1.29 is 9.47 Å². The molecule has 1 N–H and O–H groups in total. The number of aromatic nitrogens is 2. The van der Waals surface area contributed by atoms with Crippen LogP contribution in [0.3, 0.4) is 0 Å². The maximum atomic E-state index is 5.93. The van der Waals surface area contributed by atoms with E-state index >= 15 is 0 Å². The van der Waals surface area contributed by atoms with Gasteiger partial charge >= 0.3 is 0 Å². The summed E-state index contributed by atoms with van der Waals surface area (Å²) >= 11 is 5.93. The SMILES string of the molecule is COc1c(Cl)ncnc1NC(C)C1CCCO1. The van der Waals surface area contributed by atoms with E-state index in [0.717, 1.165) is 19.4 Å². The van der Waals surface area contributed by atoms with Gasteiger partial charge in [-0.15, -0.1) is 0 Å². The lowest BCUT2D eigenvalue weighted by Crippen LogP contribution is -2.30. The predicted molar refractivity (Wildman–Crippen MR) is 65.7 cm³/mol. The quantitative estimate of drug-likeness (QED) is 0.838. The van der Waals surface area contributed by atoms with Crippen LogP contribution in [0.2, 0.25) is 5.15 Å². The average Bonchev–Trinajstić information content (AvgIpc) is 2.82. The normalized spacial score (nSPS) is 21.2. The maximum Gasteiger partial charge on any atom is 0.198 e. The summed E-state index contributed by atoms with van der Waals surface area (Å²) < 4.78 is 10.8. The van der Waals surface area contributed by atoms with Gasteiger partial charge < -0.3 is 14.8 Å². The summed E-state index contributed by atoms with van der Waals surface area (Å²) in [7, 11) is 1.55. The largest absolute Gasteiger partial charge is 0.490 e. The third-order valence-electron chi connectivity index (χ3n) is 2.85. The summed E-state index contributed by atoms with van der Waals surface area (Å²) in [4.78, 5) is 8.01. The van der Waals surface area contributed by atoms with Crippen LogP contribution in [-0.4, -0.2) is 35.8 Å². The van der Waals surface area contributed by atoms with Crippen molar-refractivity contribution in [3.05, 3.63) is 11.5 Å². The zero-order valence-electron chi connectivity index (χ0n) is 9.94. The second-order valence-electron chi connectivity index (χ2n) is 4.03. The van der Waals surface area contributed by atoms with Gasteiger partial charge in [-0.3, -0.25) is 0 Å². The van der Waals surface area contributed by atoms with Gasteiger partial charge in [0.1, 0.15) is 6.33 Å². The van der Waals surface area contributed by atoms with Crippen molar-refractivity contribution in [3.63, 3.8) is 0 Å². The first kappa shape index (κ1) is 12.4. The van der Waals surface area contributed by atoms with Crippen LogP contribution in [0.5, 0.6) is 5.75 Å². The number of ether oxygens (including phenoxy) is 2. The van der Waals surface area contributed by atoms with E-state index in [-0.39, 0.29) is 12.1 Å². The van der Waals surface area contributed by atoms with Crippen molar-refractivity contribution in [1.82, 2.24) is 9.97 Å². The van der Waals surface area contributed by atoms with Gasteiger partial charge in [0, 0.05) is 6.61 Å². The highest BCUT2D eigenvalue weighted by Crippen LogP contribution is 2.29. The first-order chi connectivity index (χ1) is 8.22. The van der Waals surface area contributed by atoms with Crippen LogP contribution in [-0.2, 0) is 4.74 Å². The molecule has 5 nitrogen and oxygen atoms in total. The van der Waals surface area contributed by atoms with Crippen LogP contribution < -0.4 is 10.1 Å². The smallest absolute Gasteiger partial charge is 0.198 e. The Balaban J connectivity index is 2.09. The van der Waals surface area contributed by atoms with E-state index in [0.29, 0.717) is 16.7 Å². The predicted octanol–water partition coefficient (Wildman–Crippen LogP) is 2.12. The van der Waals surface area contributed by atoms with E-state index in [9.17, 15) is 0 Å². The van der Waals surface area contributed by atoms with Crippen LogP contribution in [0.25, 0.3) is 0 Å². The summed E-state index contributed by atoms with van der Waals surface area (Å²) in [5.74, 6) is 1.08. The molecule has 0 saturated carbocycles. The maximum absolute atomic E-state index is 5.93. The molecular weight excluding hydrogens is 242 g/mol. The Labute approximate surface area is 105 Å². The molecule has 2 heterocycles. The molecule has 0 radical (unpaired) electrons. The molecule has 2 atom stereocenters. The fourth-order valence-electron chi connectivity index (χ4n) is 1.94. The Morgan fingerprint density at radius 1 is 1.59 bits per heavy atom. The standard InChI is InChI=1S/C11H16ClN3O2/c1-7(8-4-3-5-17-8)15-11-9(16-2)10(12)13-6-14-11/h6-8H,3-5H2,1-2H3,(H,13,14,15). The summed E-state index contributed by atoms with van der Waals surface area (Å²) in [5, 5.41) is 3.57. The Hall–Kier alpha value is -1.07. The third-order valence-corrected chi connectivity index (χ3v) is 3.12. The van der Waals surface area contributed by atoms with Gasteiger partial charge in [0.15, 0.2) is 16.7 Å². The van der Waals surface area contributed by atoms with Gasteiger partial charge in [-0.2, -0.15) is 0 Å². The van der Waals surface area contributed by atoms with E-state index in [4.69, 9.17) is 21.1 Å². The molecule has 1 aliphatic heterocycles. The zero-order valence-corrected chi connectivity index (χ0v) is 10.7. The number of methoxy groups -OCH3 is 1. The van der Waals surface area contributed by atoms with E-state index in [1.165, 1.54) is 6.33 Å². The Morgan fingerprint density at radius 2 is 2.41 bits per heavy atom. The number of hydrogen-bond donors (Lipinski definition) is 1. The van der Waals surface area contributed by atoms with E-state index in [2.05, 4.69) is 22.2 Å². The van der Waals surface area contributed by atoms with Crippen molar-refractivity contribution in [1.29, 1.82) is 0 Å². The lowest BCUT2D eigenvalue weighted by Gasteiger charge is -2.21. The molecule has 1 aromatic rings. The Morgan fingerprint density at radius 3 is 3.06 bits per heavy atom. The van der Waals surface area contributed by atoms with Gasteiger partial charge in [0.25, 0.3) is 0 Å². The van der Waals surface area contributed by atoms with Gasteiger partial charge in [-0.1, -0.05) is 11.6 Å². The van der Waals surface area contributed by atoms with Crippen LogP contribution in [0.1, 0.15) is 19.8 Å². The molecule has 1 fully saturated rings. The second kappa shape index (κ2) is 5.51. The molecule has 17 heavy (non-hydrogen) atoms. The first-order valence-corrected chi connectivity index (χ1v) is 6.02. The number of rotatable bonds is 4. The molecule has 2 rings (SSSR count). The summed E-state index contributed by atoms with van der Waals surface area (Å²) in [6.45, 7) is 2.89. The molecule has 2 unspecified atom stereocenters. The molecule has 1 aliphatic rings. The van der Waals surface area contributed by atoms with Gasteiger partial charge in [0.2, 0.25) is 0 Å². The highest BCUT2D eigenvalue weighted by atomic mass is 35.5. The number of nitrogens with one attached hydrogen (secondary N) is 1. The topological polar surface area (TPSA) is 56.3 Å². The average molecular weight is 258 g/mol. The van der Waals surface area contributed by atoms with Crippen LogP contribution in [0, 0.1) is 0 Å². The van der Waals surface area contributed by atoms with Crippen molar-refractivity contribution in [2.45, 2.75) is 31.9 Å². The summed E-state index contributed by atoms with van der Waals surface area (Å²) in [6, 6.07) is 0.164. The first-order valence-electron chi connectivity index (χ1n) is 5.65. The third kappa shape index (κ3) is 2.79. The van der Waals surface area contributed by atoms with Crippen molar-refractivity contribution in [3.8, 4) is 5.75 Å². The number of nitrogens with zero attached hydrogens (tertiary/aromatic N) is 2. The minimum atomic E-state index is 0.164. The Bertz CT molecular complexity index is 383. The van der Waals surface area contributed by atoms with E-state index in [1.54, 1.807) is 7.11 Å². The number of halogens is 1. The molecule has 1 aromatic heterocycles. The number of hydrogen-bond acceptors (Lipinski definition) is 5. The van der Waals surface area contributed by atoms with Crippen LogP contribution >= 0.6 is 11.6 Å². The van der Waals surface area contributed by atoms with Gasteiger partial charge in [0.05, 0.1) is 19.3 Å². The molecule has 6 heteroatoms. The fraction of sp³-hybridized carbons (Fsp3) is 0.636. The summed E-state index contributed by atoms with van der Waals surface area (Å²) in [5.41, 5.74) is 0. The van der Waals surface area contributed by atoms with Crippen molar-refractivity contribution in [2.75, 3.05) is 19.0 Å². The lowest BCUT2D eigenvalue weighted by molar-refractivity contribution is 0.0995. The van der Waals surface area contributed by atoms with Gasteiger partial charge in [-0.25, -0.2) is 9.97 Å². The molecule has 94 valence electrons. The fourth-order valence-corrected chi connectivity index (χ4v) is 2.15. The van der Waals surface area contributed by atoms with Crippen LogP contribution in [0.15, 0.2) is 6.33 Å². The van der Waals surface area contributed by atoms with Gasteiger partial charge in [-0.05, 0) is 19.8 Å². The lowest BCUT2D eigenvalue weighted by atomic mass is 10.1. The van der Waals surface area contributed by atoms with E-state index in [1.807, 2.05) is 0 Å². The molecule has 0 spiro atoms. The molecule has 1 saturated heterocycles. The molecule has 0 aliphatic carbocycles. The zero-order chi connectivity index (χ0) is 12.3. The minimum Gasteiger partial charge on any atom is -0.490 e.